The molecule has 0 amide bonds. The Kier molecular flexibility index (Phi) is 3.73. The minimum Gasteiger partial charge on any atom is -0.489 e. The lowest BCUT2D eigenvalue weighted by atomic mass is 9.89. The van der Waals surface area contributed by atoms with Crippen LogP contribution >= 0.6 is 0 Å². The number of nitrogens with two attached hydrogens (primary N) is 1. The molecule has 1 atom stereocenters. The van der Waals surface area contributed by atoms with Crippen LogP contribution in [0.2, 0.25) is 0 Å². The summed E-state index contributed by atoms with van der Waals surface area (Å²) in [6.07, 6.45) is 2.37. The number of hydrogen-bond acceptors (Lipinski definition) is 2. The summed E-state index contributed by atoms with van der Waals surface area (Å²) >= 11 is 0. The highest BCUT2D eigenvalue weighted by molar-refractivity contribution is 5.43. The monoisotopic (exact) mass is 281 g/mol. The van der Waals surface area contributed by atoms with Gasteiger partial charge < -0.3 is 10.5 Å². The van der Waals surface area contributed by atoms with E-state index in [0.29, 0.717) is 6.61 Å². The van der Waals surface area contributed by atoms with E-state index in [1.54, 1.807) is 0 Å². The van der Waals surface area contributed by atoms with Crippen molar-refractivity contribution in [3.63, 3.8) is 0 Å². The van der Waals surface area contributed by atoms with E-state index in [9.17, 15) is 0 Å². The molecule has 0 heterocycles. The molecule has 2 aromatic rings. The highest BCUT2D eigenvalue weighted by Crippen LogP contribution is 2.51. The molecule has 110 valence electrons. The lowest BCUT2D eigenvalue weighted by Crippen LogP contribution is -2.31. The van der Waals surface area contributed by atoms with E-state index in [4.69, 9.17) is 10.5 Å². The number of hydrogen-bond donors (Lipinski definition) is 1. The maximum absolute atomic E-state index is 6.18. The molecule has 0 spiro atoms. The van der Waals surface area contributed by atoms with Gasteiger partial charge in [-0.2, -0.15) is 0 Å². The molecule has 0 aliphatic heterocycles. The lowest BCUT2D eigenvalue weighted by molar-refractivity contribution is 0.303. The van der Waals surface area contributed by atoms with Gasteiger partial charge in [0.25, 0.3) is 0 Å². The predicted octanol–water partition coefficient (Wildman–Crippen LogP) is 3.95. The smallest absolute Gasteiger partial charge is 0.123 e. The van der Waals surface area contributed by atoms with Gasteiger partial charge in [-0.15, -0.1) is 0 Å². The predicted molar refractivity (Wildman–Crippen MR) is 86.5 cm³/mol. The van der Waals surface area contributed by atoms with Gasteiger partial charge in [0, 0.05) is 11.5 Å². The van der Waals surface area contributed by atoms with Gasteiger partial charge in [-0.1, -0.05) is 42.5 Å². The Hall–Kier alpha value is -1.80. The molecular formula is C19H23NO. The van der Waals surface area contributed by atoms with Crippen molar-refractivity contribution >= 4 is 0 Å². The van der Waals surface area contributed by atoms with E-state index in [1.807, 2.05) is 18.2 Å². The van der Waals surface area contributed by atoms with Crippen LogP contribution < -0.4 is 10.5 Å². The first-order valence-electron chi connectivity index (χ1n) is 7.65. The third-order valence-corrected chi connectivity index (χ3v) is 4.66. The molecule has 1 saturated carbocycles. The van der Waals surface area contributed by atoms with Crippen molar-refractivity contribution in [3.05, 3.63) is 65.2 Å². The van der Waals surface area contributed by atoms with Crippen molar-refractivity contribution in [1.82, 2.24) is 0 Å². The standard InChI is InChI=1S/C19H23NO/c1-14-8-9-17(19(10-11-19)15(2)20)12-18(14)21-13-16-6-4-3-5-7-16/h3-9,12,15H,10-11,13,20H2,1-2H3. The van der Waals surface area contributed by atoms with Gasteiger partial charge in [-0.25, -0.2) is 0 Å². The summed E-state index contributed by atoms with van der Waals surface area (Å²) < 4.78 is 6.03. The average molecular weight is 281 g/mol. The second-order valence-corrected chi connectivity index (χ2v) is 6.20. The van der Waals surface area contributed by atoms with Gasteiger partial charge in [0.2, 0.25) is 0 Å². The van der Waals surface area contributed by atoms with E-state index in [0.717, 1.165) is 5.75 Å². The molecule has 2 nitrogen and oxygen atoms in total. The molecule has 2 heteroatoms. The quantitative estimate of drug-likeness (QED) is 0.900. The Bertz CT molecular complexity index is 615. The molecule has 0 radical (unpaired) electrons. The Morgan fingerprint density at radius 3 is 2.48 bits per heavy atom. The summed E-state index contributed by atoms with van der Waals surface area (Å²) in [5.41, 5.74) is 10.0. The summed E-state index contributed by atoms with van der Waals surface area (Å²) in [4.78, 5) is 0. The molecule has 21 heavy (non-hydrogen) atoms. The normalized spacial score (nSPS) is 17.3. The van der Waals surface area contributed by atoms with Gasteiger partial charge in [0.05, 0.1) is 0 Å². The summed E-state index contributed by atoms with van der Waals surface area (Å²) in [6, 6.07) is 17.0. The molecule has 2 N–H and O–H groups in total. The van der Waals surface area contributed by atoms with Crippen LogP contribution in [0.5, 0.6) is 5.75 Å². The zero-order valence-corrected chi connectivity index (χ0v) is 12.8. The van der Waals surface area contributed by atoms with E-state index < -0.39 is 0 Å². The number of rotatable bonds is 5. The van der Waals surface area contributed by atoms with Crippen LogP contribution in [0.1, 0.15) is 36.5 Å². The topological polar surface area (TPSA) is 35.2 Å². The third kappa shape index (κ3) is 2.81. The molecule has 0 bridgehead atoms. The van der Waals surface area contributed by atoms with Crippen LogP contribution in [0.3, 0.4) is 0 Å². The maximum Gasteiger partial charge on any atom is 0.123 e. The highest BCUT2D eigenvalue weighted by atomic mass is 16.5. The van der Waals surface area contributed by atoms with Crippen LogP contribution in [0.4, 0.5) is 0 Å². The summed E-state index contributed by atoms with van der Waals surface area (Å²) in [7, 11) is 0. The molecule has 3 rings (SSSR count). The zero-order chi connectivity index (χ0) is 14.9. The highest BCUT2D eigenvalue weighted by Gasteiger charge is 2.47. The van der Waals surface area contributed by atoms with Crippen LogP contribution in [0.15, 0.2) is 48.5 Å². The summed E-state index contributed by atoms with van der Waals surface area (Å²) in [6.45, 7) is 4.81. The number of ether oxygens (including phenoxy) is 1. The van der Waals surface area contributed by atoms with Gasteiger partial charge >= 0.3 is 0 Å². The van der Waals surface area contributed by atoms with Crippen LogP contribution in [0.25, 0.3) is 0 Å². The number of benzene rings is 2. The van der Waals surface area contributed by atoms with Crippen molar-refractivity contribution in [2.75, 3.05) is 0 Å². The average Bonchev–Trinajstić information content (AvgIpc) is 3.29. The Labute approximate surface area is 126 Å². The Morgan fingerprint density at radius 2 is 1.86 bits per heavy atom. The first-order valence-corrected chi connectivity index (χ1v) is 7.65. The second-order valence-electron chi connectivity index (χ2n) is 6.20. The van der Waals surface area contributed by atoms with Crippen molar-refractivity contribution < 1.29 is 4.74 Å². The van der Waals surface area contributed by atoms with Gasteiger partial charge in [0.15, 0.2) is 0 Å². The van der Waals surface area contributed by atoms with Gasteiger partial charge in [0.1, 0.15) is 12.4 Å². The van der Waals surface area contributed by atoms with Crippen LogP contribution in [0, 0.1) is 6.92 Å². The first-order chi connectivity index (χ1) is 10.1. The fraction of sp³-hybridized carbons (Fsp3) is 0.368. The molecule has 1 aliphatic rings. The minimum atomic E-state index is 0.179. The molecule has 1 unspecified atom stereocenters. The fourth-order valence-corrected chi connectivity index (χ4v) is 2.94. The number of aryl methyl sites for hydroxylation is 1. The van der Waals surface area contributed by atoms with Gasteiger partial charge in [-0.3, -0.25) is 0 Å². The SMILES string of the molecule is Cc1ccc(C2(C(C)N)CC2)cc1OCc1ccccc1. The molecular weight excluding hydrogens is 258 g/mol. The summed E-state index contributed by atoms with van der Waals surface area (Å²) in [5, 5.41) is 0. The second kappa shape index (κ2) is 5.53. The molecule has 2 aromatic carbocycles. The van der Waals surface area contributed by atoms with Crippen molar-refractivity contribution in [1.29, 1.82) is 0 Å². The third-order valence-electron chi connectivity index (χ3n) is 4.66. The van der Waals surface area contributed by atoms with E-state index in [-0.39, 0.29) is 11.5 Å². The fourth-order valence-electron chi connectivity index (χ4n) is 2.94. The molecule has 1 fully saturated rings. The molecule has 0 aromatic heterocycles. The van der Waals surface area contributed by atoms with E-state index in [2.05, 4.69) is 44.2 Å². The van der Waals surface area contributed by atoms with Crippen LogP contribution in [-0.4, -0.2) is 6.04 Å². The van der Waals surface area contributed by atoms with Crippen molar-refractivity contribution in [3.8, 4) is 5.75 Å². The Balaban J connectivity index is 1.79. The lowest BCUT2D eigenvalue weighted by Gasteiger charge is -2.21. The van der Waals surface area contributed by atoms with Gasteiger partial charge in [-0.05, 0) is 49.4 Å². The minimum absolute atomic E-state index is 0.179. The van der Waals surface area contributed by atoms with E-state index >= 15 is 0 Å². The zero-order valence-electron chi connectivity index (χ0n) is 12.8. The maximum atomic E-state index is 6.18. The van der Waals surface area contributed by atoms with Crippen molar-refractivity contribution in [2.45, 2.75) is 44.8 Å². The Morgan fingerprint density at radius 1 is 1.14 bits per heavy atom. The summed E-state index contributed by atoms with van der Waals surface area (Å²) in [5.74, 6) is 0.975. The first kappa shape index (κ1) is 14.2. The van der Waals surface area contributed by atoms with Crippen LogP contribution in [-0.2, 0) is 12.0 Å². The van der Waals surface area contributed by atoms with E-state index in [1.165, 1.54) is 29.5 Å². The molecule has 0 saturated heterocycles. The van der Waals surface area contributed by atoms with Crippen molar-refractivity contribution in [2.24, 2.45) is 5.73 Å². The largest absolute Gasteiger partial charge is 0.489 e. The molecule has 1 aliphatic carbocycles.